The van der Waals surface area contributed by atoms with Crippen molar-refractivity contribution in [2.24, 2.45) is 0 Å². The number of nitrogens with one attached hydrogen (secondary N) is 1. The summed E-state index contributed by atoms with van der Waals surface area (Å²) in [6.45, 7) is -0.0277. The molecule has 0 saturated carbocycles. The number of nitro benzene ring substituents is 1. The van der Waals surface area contributed by atoms with Crippen LogP contribution in [0.5, 0.6) is 0 Å². The number of sulfonamides is 1. The number of aliphatic hydroxyl groups excluding tert-OH is 1. The number of benzene rings is 1. The lowest BCUT2D eigenvalue weighted by Gasteiger charge is -2.22. The smallest absolute Gasteiger partial charge is 0.291 e. The first kappa shape index (κ1) is 15.7. The van der Waals surface area contributed by atoms with E-state index in [2.05, 4.69) is 5.32 Å². The SMILES string of the molecule is CNc1ccc(S(=O)(=O)N2CCCC2CO)c([N+](=O)[O-])c1. The number of rotatable bonds is 5. The summed E-state index contributed by atoms with van der Waals surface area (Å²) in [7, 11) is -2.40. The van der Waals surface area contributed by atoms with Gasteiger partial charge in [0.05, 0.1) is 11.5 Å². The first-order valence-corrected chi connectivity index (χ1v) is 7.94. The van der Waals surface area contributed by atoms with Crippen molar-refractivity contribution in [1.29, 1.82) is 0 Å². The molecule has 0 spiro atoms. The Bertz CT molecular complexity index is 646. The summed E-state index contributed by atoms with van der Waals surface area (Å²) in [4.78, 5) is 10.1. The van der Waals surface area contributed by atoms with Crippen molar-refractivity contribution in [2.75, 3.05) is 25.5 Å². The van der Waals surface area contributed by atoms with Crippen LogP contribution in [0.1, 0.15) is 12.8 Å². The van der Waals surface area contributed by atoms with Gasteiger partial charge in [0.25, 0.3) is 5.69 Å². The molecular formula is C12H17N3O5S. The van der Waals surface area contributed by atoms with E-state index >= 15 is 0 Å². The van der Waals surface area contributed by atoms with E-state index in [1.165, 1.54) is 18.2 Å². The minimum absolute atomic E-state index is 0.262. The van der Waals surface area contributed by atoms with Crippen LogP contribution in [0.2, 0.25) is 0 Å². The van der Waals surface area contributed by atoms with Gasteiger partial charge in [-0.15, -0.1) is 0 Å². The zero-order valence-electron chi connectivity index (χ0n) is 11.5. The normalized spacial score (nSPS) is 19.6. The van der Waals surface area contributed by atoms with Crippen LogP contribution in [0.4, 0.5) is 11.4 Å². The average molecular weight is 315 g/mol. The molecule has 0 aromatic heterocycles. The zero-order valence-corrected chi connectivity index (χ0v) is 12.3. The molecule has 2 N–H and O–H groups in total. The first-order chi connectivity index (χ1) is 9.91. The maximum Gasteiger partial charge on any atom is 0.291 e. The molecule has 1 aliphatic heterocycles. The van der Waals surface area contributed by atoms with Crippen LogP contribution in [0.15, 0.2) is 23.1 Å². The molecule has 9 heteroatoms. The second-order valence-corrected chi connectivity index (χ2v) is 6.64. The molecule has 1 aromatic carbocycles. The summed E-state index contributed by atoms with van der Waals surface area (Å²) in [5.74, 6) is 0. The number of hydrogen-bond acceptors (Lipinski definition) is 6. The maximum atomic E-state index is 12.6. The number of hydrogen-bond donors (Lipinski definition) is 2. The first-order valence-electron chi connectivity index (χ1n) is 6.50. The Kier molecular flexibility index (Phi) is 4.45. The summed E-state index contributed by atoms with van der Waals surface area (Å²) in [5, 5.41) is 23.1. The Labute approximate surface area is 122 Å². The fourth-order valence-electron chi connectivity index (χ4n) is 2.47. The van der Waals surface area contributed by atoms with Gasteiger partial charge in [0.1, 0.15) is 0 Å². The molecule has 0 radical (unpaired) electrons. The third-order valence-corrected chi connectivity index (χ3v) is 5.56. The molecule has 1 heterocycles. The van der Waals surface area contributed by atoms with Crippen LogP contribution < -0.4 is 5.32 Å². The molecule has 1 atom stereocenters. The Morgan fingerprint density at radius 3 is 2.81 bits per heavy atom. The van der Waals surface area contributed by atoms with Gasteiger partial charge in [0.15, 0.2) is 4.90 Å². The number of nitrogens with zero attached hydrogens (tertiary/aromatic N) is 2. The van der Waals surface area contributed by atoms with Gasteiger partial charge < -0.3 is 10.4 Å². The van der Waals surface area contributed by atoms with Crippen LogP contribution in [0.25, 0.3) is 0 Å². The number of aliphatic hydroxyl groups is 1. The van der Waals surface area contributed by atoms with Crippen LogP contribution in [0.3, 0.4) is 0 Å². The third kappa shape index (κ3) is 2.85. The lowest BCUT2D eigenvalue weighted by atomic mass is 10.2. The lowest BCUT2D eigenvalue weighted by molar-refractivity contribution is -0.387. The van der Waals surface area contributed by atoms with Gasteiger partial charge in [-0.3, -0.25) is 10.1 Å². The molecular weight excluding hydrogens is 298 g/mol. The fourth-order valence-corrected chi connectivity index (χ4v) is 4.29. The van der Waals surface area contributed by atoms with Crippen LogP contribution in [0, 0.1) is 10.1 Å². The highest BCUT2D eigenvalue weighted by atomic mass is 32.2. The predicted octanol–water partition coefficient (Wildman–Crippen LogP) is 0.782. The molecule has 21 heavy (non-hydrogen) atoms. The summed E-state index contributed by atoms with van der Waals surface area (Å²) in [6.07, 6.45) is 1.19. The van der Waals surface area contributed by atoms with Gasteiger partial charge in [-0.05, 0) is 25.0 Å². The van der Waals surface area contributed by atoms with E-state index in [1.54, 1.807) is 7.05 Å². The van der Waals surface area contributed by atoms with E-state index < -0.39 is 26.7 Å². The van der Waals surface area contributed by atoms with E-state index in [4.69, 9.17) is 0 Å². The molecule has 116 valence electrons. The molecule has 1 aromatic rings. The van der Waals surface area contributed by atoms with Crippen molar-refractivity contribution < 1.29 is 18.4 Å². The quantitative estimate of drug-likeness (QED) is 0.613. The highest BCUT2D eigenvalue weighted by Gasteiger charge is 2.38. The van der Waals surface area contributed by atoms with Gasteiger partial charge in [-0.25, -0.2) is 8.42 Å². The van der Waals surface area contributed by atoms with Crippen LogP contribution in [-0.4, -0.2) is 49.0 Å². The Hall–Kier alpha value is -1.71. The molecule has 1 aliphatic rings. The Morgan fingerprint density at radius 1 is 1.52 bits per heavy atom. The lowest BCUT2D eigenvalue weighted by Crippen LogP contribution is -2.37. The number of anilines is 1. The van der Waals surface area contributed by atoms with E-state index in [-0.39, 0.29) is 18.0 Å². The molecule has 0 amide bonds. The van der Waals surface area contributed by atoms with Crippen LogP contribution >= 0.6 is 0 Å². The average Bonchev–Trinajstić information content (AvgIpc) is 2.95. The molecule has 1 unspecified atom stereocenters. The topological polar surface area (TPSA) is 113 Å². The predicted molar refractivity (Wildman–Crippen MR) is 76.6 cm³/mol. The van der Waals surface area contributed by atoms with Crippen molar-refractivity contribution in [1.82, 2.24) is 4.31 Å². The highest BCUT2D eigenvalue weighted by Crippen LogP contribution is 2.32. The molecule has 0 bridgehead atoms. The standard InChI is InChI=1S/C12H17N3O5S/c1-13-9-4-5-12(11(7-9)15(17)18)21(19,20)14-6-2-3-10(14)8-16/h4-5,7,10,13,16H,2-3,6,8H2,1H3. The van der Waals surface area contributed by atoms with E-state index in [1.807, 2.05) is 0 Å². The minimum atomic E-state index is -4.00. The summed E-state index contributed by atoms with van der Waals surface area (Å²) >= 11 is 0. The van der Waals surface area contributed by atoms with Crippen LogP contribution in [-0.2, 0) is 10.0 Å². The van der Waals surface area contributed by atoms with Gasteiger partial charge in [-0.1, -0.05) is 0 Å². The fraction of sp³-hybridized carbons (Fsp3) is 0.500. The summed E-state index contributed by atoms with van der Waals surface area (Å²) < 4.78 is 26.4. The Morgan fingerprint density at radius 2 is 2.24 bits per heavy atom. The van der Waals surface area contributed by atoms with Crippen molar-refractivity contribution in [3.05, 3.63) is 28.3 Å². The molecule has 8 nitrogen and oxygen atoms in total. The zero-order chi connectivity index (χ0) is 15.6. The van der Waals surface area contributed by atoms with Crippen molar-refractivity contribution in [2.45, 2.75) is 23.8 Å². The largest absolute Gasteiger partial charge is 0.395 e. The maximum absolute atomic E-state index is 12.6. The molecule has 1 saturated heterocycles. The number of nitro groups is 1. The second kappa shape index (κ2) is 5.96. The van der Waals surface area contributed by atoms with Gasteiger partial charge in [0.2, 0.25) is 10.0 Å². The van der Waals surface area contributed by atoms with Crippen molar-refractivity contribution in [3.63, 3.8) is 0 Å². The van der Waals surface area contributed by atoms with E-state index in [0.717, 1.165) is 4.31 Å². The minimum Gasteiger partial charge on any atom is -0.395 e. The Balaban J connectivity index is 2.52. The van der Waals surface area contributed by atoms with Crippen molar-refractivity contribution >= 4 is 21.4 Å². The van der Waals surface area contributed by atoms with Gasteiger partial charge >= 0.3 is 0 Å². The molecule has 1 fully saturated rings. The van der Waals surface area contributed by atoms with E-state index in [9.17, 15) is 23.6 Å². The van der Waals surface area contributed by atoms with E-state index in [0.29, 0.717) is 18.5 Å². The third-order valence-electron chi connectivity index (χ3n) is 3.56. The molecule has 2 rings (SSSR count). The van der Waals surface area contributed by atoms with Gasteiger partial charge in [0, 0.05) is 31.4 Å². The van der Waals surface area contributed by atoms with Gasteiger partial charge in [-0.2, -0.15) is 4.31 Å². The summed E-state index contributed by atoms with van der Waals surface area (Å²) in [6, 6.07) is 3.38. The van der Waals surface area contributed by atoms with Crippen molar-refractivity contribution in [3.8, 4) is 0 Å². The highest BCUT2D eigenvalue weighted by molar-refractivity contribution is 7.89. The summed E-state index contributed by atoms with van der Waals surface area (Å²) in [5.41, 5.74) is -0.00813. The monoisotopic (exact) mass is 315 g/mol. The molecule has 0 aliphatic carbocycles. The second-order valence-electron chi connectivity index (χ2n) is 4.78.